The Morgan fingerprint density at radius 2 is 2.05 bits per heavy atom. The van der Waals surface area contributed by atoms with E-state index in [1.807, 2.05) is 30.3 Å². The molecule has 0 saturated carbocycles. The minimum atomic E-state index is -3.16. The summed E-state index contributed by atoms with van der Waals surface area (Å²) in [5.74, 6) is -0.323. The van der Waals surface area contributed by atoms with Crippen LogP contribution in [0.4, 0.5) is 0 Å². The third-order valence-electron chi connectivity index (χ3n) is 2.70. The van der Waals surface area contributed by atoms with Crippen molar-refractivity contribution in [2.24, 2.45) is 0 Å². The van der Waals surface area contributed by atoms with Gasteiger partial charge in [-0.25, -0.2) is 0 Å². The quantitative estimate of drug-likeness (QED) is 0.622. The number of carbonyl (C=O) groups excluding carboxylic acids is 1. The first-order valence-corrected chi connectivity index (χ1v) is 7.67. The van der Waals surface area contributed by atoms with Crippen LogP contribution in [0.25, 0.3) is 10.8 Å². The van der Waals surface area contributed by atoms with E-state index in [0.29, 0.717) is 5.69 Å². The number of rotatable bonds is 5. The summed E-state index contributed by atoms with van der Waals surface area (Å²) in [4.78, 5) is 16.1. The summed E-state index contributed by atoms with van der Waals surface area (Å²) < 4.78 is 21.2. The van der Waals surface area contributed by atoms with Crippen LogP contribution in [-0.4, -0.2) is 31.1 Å². The summed E-state index contributed by atoms with van der Waals surface area (Å²) in [5.41, 5.74) is 0.314. The maximum absolute atomic E-state index is 12.1. The van der Waals surface area contributed by atoms with Crippen LogP contribution in [0.15, 0.2) is 36.5 Å². The number of nitrogens with zero attached hydrogens (tertiary/aromatic N) is 1. The molecule has 1 unspecified atom stereocenters. The molecule has 0 aliphatic heterocycles. The van der Waals surface area contributed by atoms with Crippen LogP contribution in [0.2, 0.25) is 0 Å². The van der Waals surface area contributed by atoms with Gasteiger partial charge < -0.3 is 9.05 Å². The molecule has 1 aromatic heterocycles. The predicted molar refractivity (Wildman–Crippen MR) is 72.6 cm³/mol. The average molecular weight is 279 g/mol. The number of carbonyl (C=O) groups is 1. The first-order chi connectivity index (χ1) is 9.03. The maximum Gasteiger partial charge on any atom is 0.327 e. The second-order valence-corrected chi connectivity index (χ2v) is 6.20. The lowest BCUT2D eigenvalue weighted by molar-refractivity contribution is 0.0903. The van der Waals surface area contributed by atoms with E-state index in [2.05, 4.69) is 9.51 Å². The molecule has 0 bridgehead atoms. The summed E-state index contributed by atoms with van der Waals surface area (Å²) >= 11 is 0. The third kappa shape index (κ3) is 3.26. The molecule has 1 heterocycles. The monoisotopic (exact) mass is 279 g/mol. The highest BCUT2D eigenvalue weighted by atomic mass is 31.2. The Morgan fingerprint density at radius 1 is 1.32 bits per heavy atom. The van der Waals surface area contributed by atoms with Gasteiger partial charge in [-0.2, -0.15) is 0 Å². The van der Waals surface area contributed by atoms with Gasteiger partial charge in [-0.15, -0.1) is 0 Å². The predicted octanol–water partition coefficient (Wildman–Crippen LogP) is 2.90. The molecule has 19 heavy (non-hydrogen) atoms. The van der Waals surface area contributed by atoms with Gasteiger partial charge in [0.25, 0.3) is 0 Å². The first-order valence-electron chi connectivity index (χ1n) is 5.68. The molecule has 0 amide bonds. The molecule has 6 heteroatoms. The van der Waals surface area contributed by atoms with Crippen molar-refractivity contribution in [3.05, 3.63) is 42.2 Å². The number of ketones is 1. The van der Waals surface area contributed by atoms with E-state index >= 15 is 0 Å². The van der Waals surface area contributed by atoms with E-state index < -0.39 is 7.60 Å². The van der Waals surface area contributed by atoms with Crippen molar-refractivity contribution in [1.29, 1.82) is 0 Å². The minimum absolute atomic E-state index is 0.314. The Labute approximate surface area is 111 Å². The smallest absolute Gasteiger partial charge is 0.312 e. The minimum Gasteiger partial charge on any atom is -0.312 e. The molecule has 0 fully saturated rings. The van der Waals surface area contributed by atoms with E-state index in [0.717, 1.165) is 10.8 Å². The van der Waals surface area contributed by atoms with Crippen LogP contribution < -0.4 is 0 Å². The molecule has 0 saturated heterocycles. The van der Waals surface area contributed by atoms with Crippen LogP contribution in [0.1, 0.15) is 10.5 Å². The van der Waals surface area contributed by atoms with Crippen molar-refractivity contribution in [2.45, 2.75) is 0 Å². The van der Waals surface area contributed by atoms with Gasteiger partial charge in [0.05, 0.1) is 0 Å². The van der Waals surface area contributed by atoms with Gasteiger partial charge in [0.2, 0.25) is 5.78 Å². The van der Waals surface area contributed by atoms with Crippen molar-refractivity contribution < 1.29 is 18.4 Å². The number of hydrogen-bond acceptors (Lipinski definition) is 5. The van der Waals surface area contributed by atoms with Crippen molar-refractivity contribution in [3.8, 4) is 0 Å². The topological polar surface area (TPSA) is 65.5 Å². The summed E-state index contributed by atoms with van der Waals surface area (Å²) in [5, 5.41) is 1.68. The van der Waals surface area contributed by atoms with Crippen LogP contribution in [0, 0.1) is 0 Å². The largest absolute Gasteiger partial charge is 0.327 e. The fourth-order valence-corrected chi connectivity index (χ4v) is 2.10. The van der Waals surface area contributed by atoms with Gasteiger partial charge in [0.15, 0.2) is 0 Å². The number of Topliss-reactive ketones (excluding diaryl/α,β-unsaturated/α-hetero) is 1. The molecular weight excluding hydrogens is 265 g/mol. The van der Waals surface area contributed by atoms with Gasteiger partial charge in [-0.1, -0.05) is 24.3 Å². The fraction of sp³-hybridized carbons (Fsp3) is 0.231. The first kappa shape index (κ1) is 13.9. The summed E-state index contributed by atoms with van der Waals surface area (Å²) in [6, 6.07) is 9.26. The van der Waals surface area contributed by atoms with E-state index in [1.165, 1.54) is 13.8 Å². The normalized spacial score (nSPS) is 14.2. The van der Waals surface area contributed by atoms with E-state index in [9.17, 15) is 9.36 Å². The molecule has 2 aromatic rings. The molecule has 0 N–H and O–H groups in total. The van der Waals surface area contributed by atoms with E-state index in [-0.39, 0.29) is 12.4 Å². The molecule has 0 aliphatic rings. The second kappa shape index (κ2) is 5.61. The van der Waals surface area contributed by atoms with Crippen LogP contribution in [-0.2, 0) is 13.6 Å². The number of fused-ring (bicyclic) bond motifs is 1. The molecular formula is C13H14NO4P. The highest BCUT2D eigenvalue weighted by molar-refractivity contribution is 7.52. The van der Waals surface area contributed by atoms with Crippen molar-refractivity contribution >= 4 is 24.2 Å². The Balaban J connectivity index is 2.25. The standard InChI is InChI=1S/C13H14NO4P/c1-17-19(2,16)18-9-12(15)13-11-6-4-3-5-10(11)7-8-14-13/h3-8H,9H2,1-2H3. The van der Waals surface area contributed by atoms with Crippen LogP contribution in [0.5, 0.6) is 0 Å². The maximum atomic E-state index is 12.1. The molecule has 2 rings (SSSR count). The van der Waals surface area contributed by atoms with Gasteiger partial charge in [-0.3, -0.25) is 14.3 Å². The highest BCUT2D eigenvalue weighted by Crippen LogP contribution is 2.42. The second-order valence-electron chi connectivity index (χ2n) is 4.03. The van der Waals surface area contributed by atoms with Crippen molar-refractivity contribution in [1.82, 2.24) is 4.98 Å². The zero-order valence-corrected chi connectivity index (χ0v) is 11.6. The fourth-order valence-electron chi connectivity index (χ4n) is 1.64. The zero-order chi connectivity index (χ0) is 13.9. The lowest BCUT2D eigenvalue weighted by atomic mass is 10.1. The Kier molecular flexibility index (Phi) is 4.10. The molecule has 100 valence electrons. The Bertz CT molecular complexity index is 651. The number of aromatic nitrogens is 1. The molecule has 0 spiro atoms. The SMILES string of the molecule is COP(C)(=O)OCC(=O)c1nccc2ccccc12. The van der Waals surface area contributed by atoms with Gasteiger partial charge in [-0.05, 0) is 11.5 Å². The average Bonchev–Trinajstić information content (AvgIpc) is 2.44. The number of hydrogen-bond donors (Lipinski definition) is 0. The molecule has 1 aromatic carbocycles. The van der Waals surface area contributed by atoms with Crippen LogP contribution in [0.3, 0.4) is 0 Å². The molecule has 5 nitrogen and oxygen atoms in total. The summed E-state index contributed by atoms with van der Waals surface area (Å²) in [6.07, 6.45) is 1.57. The molecule has 0 aliphatic carbocycles. The molecule has 1 atom stereocenters. The van der Waals surface area contributed by atoms with Crippen molar-refractivity contribution in [3.63, 3.8) is 0 Å². The Hall–Kier alpha value is -1.55. The van der Waals surface area contributed by atoms with E-state index in [4.69, 9.17) is 4.52 Å². The molecule has 0 radical (unpaired) electrons. The lowest BCUT2D eigenvalue weighted by Crippen LogP contribution is -2.10. The van der Waals surface area contributed by atoms with Gasteiger partial charge >= 0.3 is 7.60 Å². The van der Waals surface area contributed by atoms with Gasteiger partial charge in [0, 0.05) is 25.4 Å². The number of benzene rings is 1. The van der Waals surface area contributed by atoms with E-state index in [1.54, 1.807) is 6.20 Å². The van der Waals surface area contributed by atoms with Gasteiger partial charge in [0.1, 0.15) is 12.3 Å². The van der Waals surface area contributed by atoms with Crippen molar-refractivity contribution in [2.75, 3.05) is 20.4 Å². The summed E-state index contributed by atoms with van der Waals surface area (Å²) in [6.45, 7) is 0.999. The lowest BCUT2D eigenvalue weighted by Gasteiger charge is -2.10. The summed E-state index contributed by atoms with van der Waals surface area (Å²) in [7, 11) is -1.88. The highest BCUT2D eigenvalue weighted by Gasteiger charge is 2.19. The van der Waals surface area contributed by atoms with Crippen LogP contribution >= 0.6 is 7.60 Å². The number of pyridine rings is 1. The zero-order valence-electron chi connectivity index (χ0n) is 10.7. The third-order valence-corrected chi connectivity index (χ3v) is 3.96. The Morgan fingerprint density at radius 3 is 2.79 bits per heavy atom.